The van der Waals surface area contributed by atoms with Gasteiger partial charge in [0.15, 0.2) is 5.43 Å². The Bertz CT molecular complexity index is 1260. The topological polar surface area (TPSA) is 79.5 Å². The Morgan fingerprint density at radius 3 is 2.65 bits per heavy atom. The quantitative estimate of drug-likeness (QED) is 0.496. The lowest BCUT2D eigenvalue weighted by Gasteiger charge is -2.27. The zero-order valence-electron chi connectivity index (χ0n) is 20.0. The molecular formula is C29H33NO4. The fourth-order valence-electron chi connectivity index (χ4n) is 5.13. The van der Waals surface area contributed by atoms with Gasteiger partial charge in [-0.1, -0.05) is 49.7 Å². The molecule has 1 aliphatic carbocycles. The summed E-state index contributed by atoms with van der Waals surface area (Å²) in [6.07, 6.45) is 7.17. The maximum Gasteiger partial charge on any atom is 0.336 e. The van der Waals surface area contributed by atoms with Gasteiger partial charge < -0.3 is 14.8 Å². The SMILES string of the molecule is CCCCc1cn(Cc2ccc(-c3ccccc3C(=O)O)c(C)c2)c2c(c1=O)CC(CO)CC2. The van der Waals surface area contributed by atoms with Crippen molar-refractivity contribution in [3.8, 4) is 11.1 Å². The highest BCUT2D eigenvalue weighted by Crippen LogP contribution is 2.29. The molecular weight excluding hydrogens is 426 g/mol. The number of rotatable bonds is 8. The molecule has 5 heteroatoms. The normalized spacial score (nSPS) is 15.2. The van der Waals surface area contributed by atoms with E-state index in [0.29, 0.717) is 18.5 Å². The molecule has 0 spiro atoms. The summed E-state index contributed by atoms with van der Waals surface area (Å²) >= 11 is 0. The number of aromatic carboxylic acids is 1. The molecule has 0 saturated carbocycles. The minimum absolute atomic E-state index is 0.122. The van der Waals surface area contributed by atoms with Crippen LogP contribution in [0.25, 0.3) is 11.1 Å². The number of carbonyl (C=O) groups is 1. The predicted octanol–water partition coefficient (Wildman–Crippen LogP) is 5.01. The fourth-order valence-corrected chi connectivity index (χ4v) is 5.13. The van der Waals surface area contributed by atoms with Gasteiger partial charge in [0.05, 0.1) is 5.56 Å². The summed E-state index contributed by atoms with van der Waals surface area (Å²) in [5.74, 6) is -0.773. The lowest BCUT2D eigenvalue weighted by atomic mass is 9.85. The van der Waals surface area contributed by atoms with Crippen LogP contribution in [-0.2, 0) is 25.8 Å². The van der Waals surface area contributed by atoms with Gasteiger partial charge in [0.25, 0.3) is 0 Å². The Morgan fingerprint density at radius 1 is 1.15 bits per heavy atom. The molecule has 1 aliphatic rings. The molecule has 1 unspecified atom stereocenters. The van der Waals surface area contributed by atoms with Crippen LogP contribution in [0.2, 0.25) is 0 Å². The summed E-state index contributed by atoms with van der Waals surface area (Å²) in [4.78, 5) is 24.9. The molecule has 1 atom stereocenters. The number of pyridine rings is 1. The number of fused-ring (bicyclic) bond motifs is 1. The van der Waals surface area contributed by atoms with Crippen LogP contribution >= 0.6 is 0 Å². The average molecular weight is 460 g/mol. The number of benzene rings is 2. The molecule has 178 valence electrons. The first-order valence-corrected chi connectivity index (χ1v) is 12.2. The van der Waals surface area contributed by atoms with Gasteiger partial charge in [0.2, 0.25) is 0 Å². The van der Waals surface area contributed by atoms with Crippen molar-refractivity contribution in [3.63, 3.8) is 0 Å². The van der Waals surface area contributed by atoms with Gasteiger partial charge in [-0.2, -0.15) is 0 Å². The maximum absolute atomic E-state index is 13.2. The average Bonchev–Trinajstić information content (AvgIpc) is 2.84. The Kier molecular flexibility index (Phi) is 7.32. The third-order valence-corrected chi connectivity index (χ3v) is 7.00. The third-order valence-electron chi connectivity index (χ3n) is 7.00. The van der Waals surface area contributed by atoms with Gasteiger partial charge >= 0.3 is 5.97 Å². The summed E-state index contributed by atoms with van der Waals surface area (Å²) in [6.45, 7) is 4.92. The Hall–Kier alpha value is -3.18. The fraction of sp³-hybridized carbons (Fsp3) is 0.379. The Morgan fingerprint density at radius 2 is 1.94 bits per heavy atom. The molecule has 0 bridgehead atoms. The van der Waals surface area contributed by atoms with E-state index in [1.807, 2.05) is 31.3 Å². The predicted molar refractivity (Wildman–Crippen MR) is 135 cm³/mol. The third kappa shape index (κ3) is 4.85. The monoisotopic (exact) mass is 459 g/mol. The van der Waals surface area contributed by atoms with Crippen LogP contribution in [0.3, 0.4) is 0 Å². The number of aromatic nitrogens is 1. The standard InChI is InChI=1S/C29H33NO4/c1-3-4-7-22-17-30(27-13-11-21(18-31)15-26(27)28(22)32)16-20-10-12-23(19(2)14-20)24-8-5-6-9-25(24)29(33)34/h5-6,8-10,12,14,17,21,31H,3-4,7,11,13,15-16,18H2,1-2H3,(H,33,34). The van der Waals surface area contributed by atoms with E-state index < -0.39 is 5.97 Å². The molecule has 0 fully saturated rings. The van der Waals surface area contributed by atoms with Crippen LogP contribution < -0.4 is 5.43 Å². The minimum Gasteiger partial charge on any atom is -0.478 e. The van der Waals surface area contributed by atoms with Gasteiger partial charge in [0.1, 0.15) is 0 Å². The van der Waals surface area contributed by atoms with Gasteiger partial charge in [0, 0.05) is 36.2 Å². The summed E-state index contributed by atoms with van der Waals surface area (Å²) in [7, 11) is 0. The highest BCUT2D eigenvalue weighted by molar-refractivity contribution is 5.96. The van der Waals surface area contributed by atoms with Crippen molar-refractivity contribution in [3.05, 3.63) is 92.4 Å². The molecule has 0 amide bonds. The first kappa shape index (κ1) is 24.0. The van der Waals surface area contributed by atoms with Crippen LogP contribution in [0.5, 0.6) is 0 Å². The second-order valence-electron chi connectivity index (χ2n) is 9.43. The van der Waals surface area contributed by atoms with Crippen LogP contribution in [0.15, 0.2) is 53.5 Å². The number of aryl methyl sites for hydroxylation is 2. The number of hydrogen-bond acceptors (Lipinski definition) is 3. The minimum atomic E-state index is -0.931. The molecule has 4 rings (SSSR count). The van der Waals surface area contributed by atoms with Crippen molar-refractivity contribution in [1.82, 2.24) is 4.57 Å². The van der Waals surface area contributed by atoms with Crippen LogP contribution in [0.4, 0.5) is 0 Å². The van der Waals surface area contributed by atoms with Crippen molar-refractivity contribution in [2.75, 3.05) is 6.61 Å². The lowest BCUT2D eigenvalue weighted by molar-refractivity contribution is 0.0697. The largest absolute Gasteiger partial charge is 0.478 e. The summed E-state index contributed by atoms with van der Waals surface area (Å²) in [5, 5.41) is 19.3. The Labute approximate surface area is 200 Å². The van der Waals surface area contributed by atoms with E-state index in [0.717, 1.165) is 71.2 Å². The second kappa shape index (κ2) is 10.4. The van der Waals surface area contributed by atoms with E-state index in [9.17, 15) is 19.8 Å². The van der Waals surface area contributed by atoms with Crippen LogP contribution in [-0.4, -0.2) is 27.4 Å². The number of unbranched alkanes of at least 4 members (excludes halogenated alkanes) is 1. The van der Waals surface area contributed by atoms with Crippen LogP contribution in [0.1, 0.15) is 64.5 Å². The first-order valence-electron chi connectivity index (χ1n) is 12.2. The van der Waals surface area contributed by atoms with E-state index in [2.05, 4.69) is 23.6 Å². The number of hydrogen-bond donors (Lipinski definition) is 2. The smallest absolute Gasteiger partial charge is 0.336 e. The van der Waals surface area contributed by atoms with Crippen molar-refractivity contribution in [2.24, 2.45) is 5.92 Å². The zero-order valence-corrected chi connectivity index (χ0v) is 20.0. The van der Waals surface area contributed by atoms with Gasteiger partial charge in [-0.05, 0) is 73.3 Å². The molecule has 34 heavy (non-hydrogen) atoms. The molecule has 1 aromatic heterocycles. The van der Waals surface area contributed by atoms with E-state index in [4.69, 9.17) is 0 Å². The number of aliphatic hydroxyl groups excluding tert-OH is 1. The highest BCUT2D eigenvalue weighted by Gasteiger charge is 2.24. The molecule has 5 nitrogen and oxygen atoms in total. The summed E-state index contributed by atoms with van der Waals surface area (Å²) < 4.78 is 2.23. The van der Waals surface area contributed by atoms with Crippen molar-refractivity contribution in [2.45, 2.75) is 58.9 Å². The van der Waals surface area contributed by atoms with Crippen molar-refractivity contribution >= 4 is 5.97 Å². The molecule has 3 aromatic rings. The number of carboxylic acid groups (broad SMARTS) is 1. The summed E-state index contributed by atoms with van der Waals surface area (Å²) in [6, 6.07) is 13.3. The molecule has 0 radical (unpaired) electrons. The van der Waals surface area contributed by atoms with Crippen molar-refractivity contribution in [1.29, 1.82) is 0 Å². The molecule has 2 aromatic carbocycles. The van der Waals surface area contributed by atoms with E-state index >= 15 is 0 Å². The number of carboxylic acids is 1. The van der Waals surface area contributed by atoms with E-state index in [1.54, 1.807) is 12.1 Å². The lowest BCUT2D eigenvalue weighted by Crippen LogP contribution is -2.30. The molecule has 2 N–H and O–H groups in total. The second-order valence-corrected chi connectivity index (χ2v) is 9.43. The molecule has 0 aliphatic heterocycles. The molecule has 0 saturated heterocycles. The van der Waals surface area contributed by atoms with Gasteiger partial charge in [-0.15, -0.1) is 0 Å². The summed E-state index contributed by atoms with van der Waals surface area (Å²) in [5.41, 5.74) is 7.06. The number of aliphatic hydroxyl groups is 1. The number of nitrogens with zero attached hydrogens (tertiary/aromatic N) is 1. The van der Waals surface area contributed by atoms with Gasteiger partial charge in [-0.3, -0.25) is 4.79 Å². The highest BCUT2D eigenvalue weighted by atomic mass is 16.4. The Balaban J connectivity index is 1.71. The first-order chi connectivity index (χ1) is 16.4. The van der Waals surface area contributed by atoms with Crippen molar-refractivity contribution < 1.29 is 15.0 Å². The van der Waals surface area contributed by atoms with E-state index in [1.165, 1.54) is 0 Å². The maximum atomic E-state index is 13.2. The van der Waals surface area contributed by atoms with E-state index in [-0.39, 0.29) is 18.0 Å². The van der Waals surface area contributed by atoms with Gasteiger partial charge in [-0.25, -0.2) is 4.79 Å². The molecule has 1 heterocycles. The zero-order chi connectivity index (χ0) is 24.2. The van der Waals surface area contributed by atoms with Crippen LogP contribution in [0, 0.1) is 12.8 Å².